The van der Waals surface area contributed by atoms with Gasteiger partial charge in [0.25, 0.3) is 0 Å². The third kappa shape index (κ3) is 6.59. The van der Waals surface area contributed by atoms with Gasteiger partial charge < -0.3 is 16.4 Å². The summed E-state index contributed by atoms with van der Waals surface area (Å²) in [4.78, 5) is 23.5. The Morgan fingerprint density at radius 3 is 1.89 bits per heavy atom. The summed E-state index contributed by atoms with van der Waals surface area (Å²) in [6, 6.07) is -1.05. The second-order valence-electron chi connectivity index (χ2n) is 5.54. The molecule has 18 heavy (non-hydrogen) atoms. The molecule has 0 rings (SSSR count). The Kier molecular flexibility index (Phi) is 7.59. The van der Waals surface area contributed by atoms with Crippen LogP contribution in [-0.2, 0) is 9.59 Å². The first kappa shape index (κ1) is 16.9. The van der Waals surface area contributed by atoms with Crippen molar-refractivity contribution >= 4 is 11.8 Å². The highest BCUT2D eigenvalue weighted by Gasteiger charge is 2.23. The summed E-state index contributed by atoms with van der Waals surface area (Å²) in [6.45, 7) is 8.04. The van der Waals surface area contributed by atoms with E-state index < -0.39 is 12.1 Å². The van der Waals surface area contributed by atoms with Crippen LogP contribution in [0.4, 0.5) is 0 Å². The van der Waals surface area contributed by atoms with Gasteiger partial charge in [0, 0.05) is 7.05 Å². The van der Waals surface area contributed by atoms with E-state index in [9.17, 15) is 9.59 Å². The number of nitrogens with one attached hydrogen (secondary N) is 2. The van der Waals surface area contributed by atoms with Gasteiger partial charge in [-0.2, -0.15) is 0 Å². The first-order valence-corrected chi connectivity index (χ1v) is 6.55. The molecule has 0 saturated heterocycles. The lowest BCUT2D eigenvalue weighted by molar-refractivity contribution is -0.129. The quantitative estimate of drug-likeness (QED) is 0.625. The highest BCUT2D eigenvalue weighted by atomic mass is 16.2. The van der Waals surface area contributed by atoms with Crippen LogP contribution in [0.5, 0.6) is 0 Å². The lowest BCUT2D eigenvalue weighted by atomic mass is 10.0. The van der Waals surface area contributed by atoms with Crippen molar-refractivity contribution in [1.29, 1.82) is 0 Å². The van der Waals surface area contributed by atoms with Gasteiger partial charge in [-0.25, -0.2) is 0 Å². The summed E-state index contributed by atoms with van der Waals surface area (Å²) < 4.78 is 0. The predicted molar refractivity (Wildman–Crippen MR) is 72.9 cm³/mol. The molecule has 1 unspecified atom stereocenters. The molecule has 0 aliphatic heterocycles. The van der Waals surface area contributed by atoms with Crippen LogP contribution in [0.2, 0.25) is 0 Å². The van der Waals surface area contributed by atoms with E-state index in [1.165, 1.54) is 0 Å². The summed E-state index contributed by atoms with van der Waals surface area (Å²) in [7, 11) is 1.57. The molecule has 0 aromatic rings. The zero-order chi connectivity index (χ0) is 14.3. The fourth-order valence-electron chi connectivity index (χ4n) is 1.77. The van der Waals surface area contributed by atoms with Gasteiger partial charge in [0.05, 0.1) is 6.04 Å². The van der Waals surface area contributed by atoms with Gasteiger partial charge >= 0.3 is 0 Å². The van der Waals surface area contributed by atoms with E-state index in [0.717, 1.165) is 0 Å². The van der Waals surface area contributed by atoms with Crippen molar-refractivity contribution in [2.75, 3.05) is 7.05 Å². The number of carbonyl (C=O) groups is 2. The average molecular weight is 257 g/mol. The molecular formula is C13H27N3O2. The smallest absolute Gasteiger partial charge is 0.242 e. The molecular weight excluding hydrogens is 230 g/mol. The first-order chi connectivity index (χ1) is 8.27. The zero-order valence-electron chi connectivity index (χ0n) is 12.1. The molecule has 2 amide bonds. The maximum absolute atomic E-state index is 11.9. The molecule has 0 aliphatic rings. The van der Waals surface area contributed by atoms with Crippen molar-refractivity contribution in [3.63, 3.8) is 0 Å². The van der Waals surface area contributed by atoms with Crippen molar-refractivity contribution in [3.8, 4) is 0 Å². The average Bonchev–Trinajstić information content (AvgIpc) is 2.25. The molecule has 0 bridgehead atoms. The van der Waals surface area contributed by atoms with E-state index in [1.807, 2.05) is 27.7 Å². The highest BCUT2D eigenvalue weighted by molar-refractivity contribution is 5.89. The van der Waals surface area contributed by atoms with Gasteiger partial charge in [0.1, 0.15) is 6.04 Å². The maximum atomic E-state index is 11.9. The highest BCUT2D eigenvalue weighted by Crippen LogP contribution is 2.07. The number of rotatable bonds is 7. The molecule has 0 heterocycles. The van der Waals surface area contributed by atoms with Crippen LogP contribution in [0, 0.1) is 11.8 Å². The molecule has 0 radical (unpaired) electrons. The molecule has 106 valence electrons. The van der Waals surface area contributed by atoms with Crippen LogP contribution in [-0.4, -0.2) is 30.9 Å². The number of likely N-dealkylation sites (N-methyl/N-ethyl adjacent to an activating group) is 1. The molecule has 0 fully saturated rings. The normalized spacial score (nSPS) is 14.4. The Morgan fingerprint density at radius 2 is 1.50 bits per heavy atom. The van der Waals surface area contributed by atoms with E-state index in [-0.39, 0.29) is 11.8 Å². The molecule has 2 atom stereocenters. The Bertz CT molecular complexity index is 277. The molecule has 0 saturated carbocycles. The van der Waals surface area contributed by atoms with Crippen molar-refractivity contribution in [1.82, 2.24) is 10.6 Å². The van der Waals surface area contributed by atoms with Crippen molar-refractivity contribution < 1.29 is 9.59 Å². The summed E-state index contributed by atoms with van der Waals surface area (Å²) >= 11 is 0. The second-order valence-corrected chi connectivity index (χ2v) is 5.54. The van der Waals surface area contributed by atoms with E-state index in [4.69, 9.17) is 5.73 Å². The van der Waals surface area contributed by atoms with Gasteiger partial charge in [0.2, 0.25) is 11.8 Å². The Morgan fingerprint density at radius 1 is 1.00 bits per heavy atom. The van der Waals surface area contributed by atoms with Gasteiger partial charge in [-0.3, -0.25) is 9.59 Å². The summed E-state index contributed by atoms with van der Waals surface area (Å²) in [5, 5.41) is 5.29. The molecule has 0 aliphatic carbocycles. The van der Waals surface area contributed by atoms with Gasteiger partial charge in [-0.05, 0) is 24.7 Å². The van der Waals surface area contributed by atoms with E-state index in [2.05, 4.69) is 10.6 Å². The minimum atomic E-state index is -0.552. The minimum absolute atomic E-state index is 0.172. The lowest BCUT2D eigenvalue weighted by Gasteiger charge is -2.22. The monoisotopic (exact) mass is 257 g/mol. The van der Waals surface area contributed by atoms with Crippen LogP contribution >= 0.6 is 0 Å². The third-order valence-electron chi connectivity index (χ3n) is 2.65. The third-order valence-corrected chi connectivity index (χ3v) is 2.65. The van der Waals surface area contributed by atoms with Crippen molar-refractivity contribution in [2.24, 2.45) is 17.6 Å². The number of carbonyl (C=O) groups excluding carboxylic acids is 2. The fraction of sp³-hybridized carbons (Fsp3) is 0.846. The minimum Gasteiger partial charge on any atom is -0.357 e. The van der Waals surface area contributed by atoms with Crippen molar-refractivity contribution in [2.45, 2.75) is 52.6 Å². The Balaban J connectivity index is 4.47. The number of amides is 2. The van der Waals surface area contributed by atoms with Crippen LogP contribution in [0.15, 0.2) is 0 Å². The van der Waals surface area contributed by atoms with Crippen LogP contribution in [0.3, 0.4) is 0 Å². The van der Waals surface area contributed by atoms with Crippen LogP contribution in [0.1, 0.15) is 40.5 Å². The molecule has 0 aromatic carbocycles. The van der Waals surface area contributed by atoms with Crippen molar-refractivity contribution in [3.05, 3.63) is 0 Å². The molecule has 5 heteroatoms. The first-order valence-electron chi connectivity index (χ1n) is 6.55. The van der Waals surface area contributed by atoms with Gasteiger partial charge in [-0.1, -0.05) is 27.7 Å². The number of hydrogen-bond acceptors (Lipinski definition) is 3. The Hall–Kier alpha value is -1.10. The molecule has 0 spiro atoms. The maximum Gasteiger partial charge on any atom is 0.242 e. The largest absolute Gasteiger partial charge is 0.357 e. The fourth-order valence-corrected chi connectivity index (χ4v) is 1.77. The van der Waals surface area contributed by atoms with E-state index >= 15 is 0 Å². The standard InChI is InChI=1S/C13H27N3O2/c1-8(2)6-10(14)12(17)16-11(7-9(3)4)13(18)15-5/h8-11H,6-7,14H2,1-5H3,(H,15,18)(H,16,17)/t10-,11?/m0/s1. The number of hydrogen-bond donors (Lipinski definition) is 3. The van der Waals surface area contributed by atoms with Crippen LogP contribution < -0.4 is 16.4 Å². The van der Waals surface area contributed by atoms with E-state index in [1.54, 1.807) is 7.05 Å². The summed E-state index contributed by atoms with van der Waals surface area (Å²) in [5.74, 6) is 0.259. The predicted octanol–water partition coefficient (Wildman–Crippen LogP) is 0.637. The van der Waals surface area contributed by atoms with E-state index in [0.29, 0.717) is 24.7 Å². The summed E-state index contributed by atoms with van der Waals surface area (Å²) in [5.41, 5.74) is 5.80. The molecule has 0 aromatic heterocycles. The van der Waals surface area contributed by atoms with Gasteiger partial charge in [0.15, 0.2) is 0 Å². The molecule has 5 nitrogen and oxygen atoms in total. The van der Waals surface area contributed by atoms with Gasteiger partial charge in [-0.15, -0.1) is 0 Å². The zero-order valence-corrected chi connectivity index (χ0v) is 12.1. The SMILES string of the molecule is CNC(=O)C(CC(C)C)NC(=O)[C@@H](N)CC(C)C. The molecule has 4 N–H and O–H groups in total. The topological polar surface area (TPSA) is 84.2 Å². The Labute approximate surface area is 110 Å². The second kappa shape index (κ2) is 8.08. The number of nitrogens with two attached hydrogens (primary N) is 1. The lowest BCUT2D eigenvalue weighted by Crippen LogP contribution is -2.51. The van der Waals surface area contributed by atoms with Crippen LogP contribution in [0.25, 0.3) is 0 Å². The summed E-state index contributed by atoms with van der Waals surface area (Å²) in [6.07, 6.45) is 1.23.